The van der Waals surface area contributed by atoms with Gasteiger partial charge in [0.2, 0.25) is 0 Å². The second-order valence-corrected chi connectivity index (χ2v) is 3.21. The van der Waals surface area contributed by atoms with Gasteiger partial charge in [-0.2, -0.15) is 0 Å². The lowest BCUT2D eigenvalue weighted by atomic mass is 10.1. The zero-order valence-corrected chi connectivity index (χ0v) is 8.18. The van der Waals surface area contributed by atoms with E-state index in [1.165, 1.54) is 0 Å². The number of rotatable bonds is 1. The maximum atomic E-state index is 8.54. The highest BCUT2D eigenvalue weighted by atomic mass is 16.4. The van der Waals surface area contributed by atoms with Crippen molar-refractivity contribution >= 4 is 12.0 Å². The fourth-order valence-corrected chi connectivity index (χ4v) is 1.32. The van der Waals surface area contributed by atoms with Crippen molar-refractivity contribution in [3.8, 4) is 11.8 Å². The number of nitrogens with two attached hydrogens (primary N) is 1. The molecule has 3 N–H and O–H groups in total. The number of hydrogen-bond donors (Lipinski definition) is 2. The third-order valence-electron chi connectivity index (χ3n) is 2.18. The molecule has 0 spiro atoms. The van der Waals surface area contributed by atoms with Crippen LogP contribution in [-0.2, 0) is 0 Å². The maximum Gasteiger partial charge on any atom is 0.189 e. The zero-order valence-electron chi connectivity index (χ0n) is 8.18. The highest BCUT2D eigenvalue weighted by molar-refractivity contribution is 5.87. The fourth-order valence-electron chi connectivity index (χ4n) is 1.32. The second-order valence-electron chi connectivity index (χ2n) is 3.21. The van der Waals surface area contributed by atoms with E-state index >= 15 is 0 Å². The molecule has 2 rings (SSSR count). The number of imidazole rings is 1. The normalized spacial score (nSPS) is 19.0. The third kappa shape index (κ3) is 1.57. The lowest BCUT2D eigenvalue weighted by Crippen LogP contribution is -2.20. The summed E-state index contributed by atoms with van der Waals surface area (Å²) in [5.41, 5.74) is 6.47. The summed E-state index contributed by atoms with van der Waals surface area (Å²) < 4.78 is 1.86. The van der Waals surface area contributed by atoms with E-state index in [1.54, 1.807) is 12.3 Å². The molecular weight excluding hydrogens is 192 g/mol. The molecule has 15 heavy (non-hydrogen) atoms. The molecule has 1 unspecified atom stereocenters. The Labute approximate surface area is 86.9 Å². The van der Waals surface area contributed by atoms with Gasteiger partial charge in [0.15, 0.2) is 11.7 Å². The molecule has 5 nitrogen and oxygen atoms in total. The first-order valence-corrected chi connectivity index (χ1v) is 4.43. The predicted octanol–water partition coefficient (Wildman–Crippen LogP) is 0.390. The van der Waals surface area contributed by atoms with E-state index < -0.39 is 0 Å². The second kappa shape index (κ2) is 3.50. The average Bonchev–Trinajstić information content (AvgIpc) is 2.50. The molecule has 76 valence electrons. The van der Waals surface area contributed by atoms with Crippen LogP contribution >= 0.6 is 0 Å². The first-order valence-electron chi connectivity index (χ1n) is 4.43. The van der Waals surface area contributed by atoms with Crippen molar-refractivity contribution in [3.63, 3.8) is 0 Å². The summed E-state index contributed by atoms with van der Waals surface area (Å²) in [6.45, 7) is 1.94. The lowest BCUT2D eigenvalue weighted by molar-refractivity contribution is 0.316. The minimum atomic E-state index is -0.365. The van der Waals surface area contributed by atoms with Crippen molar-refractivity contribution in [1.82, 2.24) is 9.55 Å². The average molecular weight is 202 g/mol. The minimum absolute atomic E-state index is 0.0853. The first-order chi connectivity index (χ1) is 7.22. The van der Waals surface area contributed by atoms with Crippen molar-refractivity contribution in [2.45, 2.75) is 6.92 Å². The fraction of sp³-hybridized carbons (Fsp3) is 0.200. The Morgan fingerprint density at radius 3 is 3.27 bits per heavy atom. The van der Waals surface area contributed by atoms with Crippen molar-refractivity contribution < 1.29 is 5.21 Å². The molecular formula is C10H10N4O. The van der Waals surface area contributed by atoms with E-state index in [1.807, 2.05) is 17.7 Å². The van der Waals surface area contributed by atoms with Crippen molar-refractivity contribution in [2.24, 2.45) is 16.8 Å². The van der Waals surface area contributed by atoms with E-state index in [0.717, 1.165) is 5.69 Å². The minimum Gasteiger partial charge on any atom is -0.409 e. The molecule has 0 bridgehead atoms. The van der Waals surface area contributed by atoms with Gasteiger partial charge in [0, 0.05) is 18.1 Å². The Balaban J connectivity index is 2.43. The summed E-state index contributed by atoms with van der Waals surface area (Å²) in [6.07, 6.45) is 5.33. The Bertz CT molecular complexity index is 501. The van der Waals surface area contributed by atoms with Crippen LogP contribution in [0.3, 0.4) is 0 Å². The van der Waals surface area contributed by atoms with E-state index in [-0.39, 0.29) is 11.8 Å². The predicted molar refractivity (Wildman–Crippen MR) is 56.1 cm³/mol. The van der Waals surface area contributed by atoms with Gasteiger partial charge < -0.3 is 10.9 Å². The molecule has 1 aliphatic heterocycles. The Kier molecular flexibility index (Phi) is 2.18. The largest absolute Gasteiger partial charge is 0.409 e. The van der Waals surface area contributed by atoms with Crippen molar-refractivity contribution in [1.29, 1.82) is 0 Å². The molecule has 1 aromatic rings. The van der Waals surface area contributed by atoms with Crippen molar-refractivity contribution in [2.75, 3.05) is 0 Å². The van der Waals surface area contributed by atoms with Crippen LogP contribution in [0.25, 0.3) is 6.20 Å². The number of hydrogen-bond acceptors (Lipinski definition) is 3. The van der Waals surface area contributed by atoms with Crippen LogP contribution in [0.1, 0.15) is 11.5 Å². The molecule has 1 atom stereocenters. The Hall–Kier alpha value is -2.22. The van der Waals surface area contributed by atoms with Crippen molar-refractivity contribution in [3.05, 3.63) is 23.8 Å². The molecule has 1 aliphatic rings. The van der Waals surface area contributed by atoms with Crippen LogP contribution in [0.15, 0.2) is 17.4 Å². The smallest absolute Gasteiger partial charge is 0.189 e. The molecule has 1 aromatic heterocycles. The highest BCUT2D eigenvalue weighted by Gasteiger charge is 2.11. The monoisotopic (exact) mass is 202 g/mol. The number of fused-ring (bicyclic) bond motifs is 1. The van der Waals surface area contributed by atoms with Gasteiger partial charge in [0.1, 0.15) is 5.92 Å². The summed E-state index contributed by atoms with van der Waals surface area (Å²) in [4.78, 5) is 4.13. The van der Waals surface area contributed by atoms with Crippen LogP contribution in [-0.4, -0.2) is 20.6 Å². The number of oxime groups is 1. The SMILES string of the molecule is Cc1cnc2n1C=CC(/C(N)=N/O)C#C2. The van der Waals surface area contributed by atoms with Crippen LogP contribution in [0.4, 0.5) is 0 Å². The van der Waals surface area contributed by atoms with E-state index in [9.17, 15) is 0 Å². The molecule has 0 fully saturated rings. The molecule has 2 heterocycles. The number of aryl methyl sites for hydroxylation is 1. The van der Waals surface area contributed by atoms with Gasteiger partial charge in [0.25, 0.3) is 0 Å². The molecule has 0 saturated carbocycles. The topological polar surface area (TPSA) is 76.4 Å². The zero-order chi connectivity index (χ0) is 10.8. The highest BCUT2D eigenvalue weighted by Crippen LogP contribution is 2.10. The van der Waals surface area contributed by atoms with Gasteiger partial charge in [-0.05, 0) is 18.9 Å². The summed E-state index contributed by atoms with van der Waals surface area (Å²) in [5, 5.41) is 11.5. The molecule has 0 aromatic carbocycles. The quantitative estimate of drug-likeness (QED) is 0.227. The van der Waals surface area contributed by atoms with E-state index in [0.29, 0.717) is 5.82 Å². The molecule has 5 heteroatoms. The third-order valence-corrected chi connectivity index (χ3v) is 2.18. The summed E-state index contributed by atoms with van der Waals surface area (Å²) >= 11 is 0. The number of aromatic nitrogens is 2. The van der Waals surface area contributed by atoms with Crippen LogP contribution in [0, 0.1) is 24.7 Å². The van der Waals surface area contributed by atoms with Crippen LogP contribution in [0.2, 0.25) is 0 Å². The van der Waals surface area contributed by atoms with Gasteiger partial charge in [-0.1, -0.05) is 11.1 Å². The van der Waals surface area contributed by atoms with Crippen LogP contribution < -0.4 is 5.73 Å². The number of nitrogens with zero attached hydrogens (tertiary/aromatic N) is 3. The first kappa shape index (κ1) is 9.34. The number of amidine groups is 1. The van der Waals surface area contributed by atoms with Gasteiger partial charge in [-0.25, -0.2) is 4.98 Å². The molecule has 0 aliphatic carbocycles. The summed E-state index contributed by atoms with van der Waals surface area (Å²) in [6, 6.07) is 0. The Morgan fingerprint density at radius 2 is 2.53 bits per heavy atom. The molecule has 0 saturated heterocycles. The summed E-state index contributed by atoms with van der Waals surface area (Å²) in [7, 11) is 0. The van der Waals surface area contributed by atoms with Gasteiger partial charge in [-0.3, -0.25) is 4.57 Å². The van der Waals surface area contributed by atoms with Gasteiger partial charge in [0.05, 0.1) is 0 Å². The molecule has 0 radical (unpaired) electrons. The van der Waals surface area contributed by atoms with E-state index in [2.05, 4.69) is 22.0 Å². The van der Waals surface area contributed by atoms with Gasteiger partial charge in [-0.15, -0.1) is 0 Å². The van der Waals surface area contributed by atoms with Gasteiger partial charge >= 0.3 is 0 Å². The Morgan fingerprint density at radius 1 is 1.73 bits per heavy atom. The van der Waals surface area contributed by atoms with E-state index in [4.69, 9.17) is 10.9 Å². The van der Waals surface area contributed by atoms with Crippen LogP contribution in [0.5, 0.6) is 0 Å². The standard InChI is InChI=1S/C10H10N4O/c1-7-6-12-9-3-2-8(10(11)13-15)4-5-14(7)9/h4-6,8,15H,1H3,(H2,11,13). The molecule has 0 amide bonds. The summed E-state index contributed by atoms with van der Waals surface area (Å²) in [5.74, 6) is 6.13. The maximum absolute atomic E-state index is 8.54. The lowest BCUT2D eigenvalue weighted by Gasteiger charge is -2.01.